The van der Waals surface area contributed by atoms with Gasteiger partial charge in [0.1, 0.15) is 0 Å². The highest BCUT2D eigenvalue weighted by Gasteiger charge is 2.47. The van der Waals surface area contributed by atoms with Crippen LogP contribution in [0.25, 0.3) is 66.4 Å². The van der Waals surface area contributed by atoms with Crippen molar-refractivity contribution >= 4 is 27.8 Å². The molecule has 1 heteroatoms. The summed E-state index contributed by atoms with van der Waals surface area (Å²) >= 11 is 0. The van der Waals surface area contributed by atoms with E-state index in [1.54, 1.807) is 0 Å². The summed E-state index contributed by atoms with van der Waals surface area (Å²) in [5.74, 6) is 0. The number of rotatable bonds is 9. The zero-order valence-corrected chi connectivity index (χ0v) is 36.4. The van der Waals surface area contributed by atoms with E-state index >= 15 is 0 Å². The maximum atomic E-state index is 2.47. The van der Waals surface area contributed by atoms with Gasteiger partial charge in [-0.05, 0) is 132 Å². The van der Waals surface area contributed by atoms with Gasteiger partial charge in [-0.15, -0.1) is 0 Å². The standard InChI is InChI=1S/C65H45N/c1-4-18-46(19-5-1)50-22-14-24-52(42-50)54-26-16-31-59(45-54)66(58-40-38-48(39-41-58)51-23-15-25-53(43-51)55-37-36-47-20-10-11-21-49(47)44-55)63-35-17-34-62-64(63)60-32-12-13-33-61(60)65(62,56-27-6-2-7-28-56)57-29-8-3-9-30-57/h1-45H. The van der Waals surface area contributed by atoms with Crippen molar-refractivity contribution in [2.45, 2.75) is 5.41 Å². The fraction of sp³-hybridized carbons (Fsp3) is 0.0154. The third-order valence-electron chi connectivity index (χ3n) is 13.5. The molecule has 1 aliphatic carbocycles. The third-order valence-corrected chi connectivity index (χ3v) is 13.5. The van der Waals surface area contributed by atoms with Crippen molar-refractivity contribution in [1.29, 1.82) is 0 Å². The number of fused-ring (bicyclic) bond motifs is 4. The quantitative estimate of drug-likeness (QED) is 0.140. The third kappa shape index (κ3) is 6.73. The fourth-order valence-corrected chi connectivity index (χ4v) is 10.5. The maximum absolute atomic E-state index is 2.47. The zero-order chi connectivity index (χ0) is 43.9. The van der Waals surface area contributed by atoms with Gasteiger partial charge in [0.2, 0.25) is 0 Å². The molecule has 0 bridgehead atoms. The van der Waals surface area contributed by atoms with Crippen LogP contribution in [0, 0.1) is 0 Å². The average molecular weight is 840 g/mol. The minimum absolute atomic E-state index is 0.518. The van der Waals surface area contributed by atoms with E-state index in [1.165, 1.54) is 83.1 Å². The predicted octanol–water partition coefficient (Wildman–Crippen LogP) is 17.3. The second kappa shape index (κ2) is 16.6. The van der Waals surface area contributed by atoms with Gasteiger partial charge in [0.15, 0.2) is 0 Å². The molecule has 0 spiro atoms. The summed E-state index contributed by atoms with van der Waals surface area (Å²) < 4.78 is 0. The summed E-state index contributed by atoms with van der Waals surface area (Å²) in [4.78, 5) is 2.47. The van der Waals surface area contributed by atoms with E-state index < -0.39 is 5.41 Å². The van der Waals surface area contributed by atoms with Crippen molar-refractivity contribution in [2.75, 3.05) is 4.90 Å². The lowest BCUT2D eigenvalue weighted by Crippen LogP contribution is -2.28. The molecule has 1 aliphatic rings. The normalized spacial score (nSPS) is 12.4. The molecule has 0 heterocycles. The van der Waals surface area contributed by atoms with E-state index in [9.17, 15) is 0 Å². The first-order chi connectivity index (χ1) is 32.7. The highest BCUT2D eigenvalue weighted by atomic mass is 15.1. The molecule has 310 valence electrons. The van der Waals surface area contributed by atoms with Gasteiger partial charge in [0.25, 0.3) is 0 Å². The van der Waals surface area contributed by atoms with Gasteiger partial charge in [-0.3, -0.25) is 0 Å². The summed E-state index contributed by atoms with van der Waals surface area (Å²) in [6, 6.07) is 100. The molecular weight excluding hydrogens is 795 g/mol. The summed E-state index contributed by atoms with van der Waals surface area (Å²) in [5.41, 5.74) is 19.9. The highest BCUT2D eigenvalue weighted by molar-refractivity contribution is 5.98. The highest BCUT2D eigenvalue weighted by Crippen LogP contribution is 2.59. The Kier molecular flexibility index (Phi) is 9.81. The second-order valence-corrected chi connectivity index (χ2v) is 17.2. The van der Waals surface area contributed by atoms with Crippen molar-refractivity contribution in [3.8, 4) is 55.6 Å². The number of benzene rings is 11. The first-order valence-corrected chi connectivity index (χ1v) is 22.8. The molecule has 0 amide bonds. The molecule has 0 N–H and O–H groups in total. The maximum Gasteiger partial charge on any atom is 0.0714 e. The van der Waals surface area contributed by atoms with Crippen molar-refractivity contribution < 1.29 is 0 Å². The Balaban J connectivity index is 1.03. The van der Waals surface area contributed by atoms with E-state index in [2.05, 4.69) is 278 Å². The molecule has 1 nitrogen and oxygen atoms in total. The van der Waals surface area contributed by atoms with Gasteiger partial charge >= 0.3 is 0 Å². The molecule has 0 aliphatic heterocycles. The molecule has 0 radical (unpaired) electrons. The Labute approximate surface area is 387 Å². The van der Waals surface area contributed by atoms with E-state index in [0.29, 0.717) is 0 Å². The minimum atomic E-state index is -0.518. The topological polar surface area (TPSA) is 3.24 Å². The van der Waals surface area contributed by atoms with Crippen LogP contribution < -0.4 is 4.90 Å². The van der Waals surface area contributed by atoms with Crippen LogP contribution in [-0.2, 0) is 5.41 Å². The van der Waals surface area contributed by atoms with Crippen LogP contribution in [-0.4, -0.2) is 0 Å². The van der Waals surface area contributed by atoms with Crippen molar-refractivity contribution in [3.05, 3.63) is 295 Å². The summed E-state index contributed by atoms with van der Waals surface area (Å²) in [5, 5.41) is 2.50. The van der Waals surface area contributed by atoms with Crippen LogP contribution in [0.4, 0.5) is 17.1 Å². The predicted molar refractivity (Wildman–Crippen MR) is 278 cm³/mol. The van der Waals surface area contributed by atoms with Crippen LogP contribution >= 0.6 is 0 Å². The summed E-state index contributed by atoms with van der Waals surface area (Å²) in [7, 11) is 0. The molecule has 0 saturated carbocycles. The van der Waals surface area contributed by atoms with Crippen LogP contribution in [0.2, 0.25) is 0 Å². The second-order valence-electron chi connectivity index (χ2n) is 17.2. The molecule has 0 aromatic heterocycles. The first kappa shape index (κ1) is 39.1. The van der Waals surface area contributed by atoms with Gasteiger partial charge in [-0.25, -0.2) is 0 Å². The Hall–Kier alpha value is -8.52. The number of hydrogen-bond donors (Lipinski definition) is 0. The van der Waals surface area contributed by atoms with E-state index in [-0.39, 0.29) is 0 Å². The van der Waals surface area contributed by atoms with Crippen molar-refractivity contribution in [1.82, 2.24) is 0 Å². The molecule has 66 heavy (non-hydrogen) atoms. The molecular formula is C65H45N. The van der Waals surface area contributed by atoms with E-state index in [4.69, 9.17) is 0 Å². The van der Waals surface area contributed by atoms with Crippen LogP contribution in [0.5, 0.6) is 0 Å². The largest absolute Gasteiger partial charge is 0.310 e. The molecule has 11 aromatic rings. The van der Waals surface area contributed by atoms with Gasteiger partial charge in [-0.2, -0.15) is 0 Å². The van der Waals surface area contributed by atoms with E-state index in [1.807, 2.05) is 0 Å². The van der Waals surface area contributed by atoms with Gasteiger partial charge < -0.3 is 4.90 Å². The lowest BCUT2D eigenvalue weighted by molar-refractivity contribution is 0.768. The van der Waals surface area contributed by atoms with Crippen molar-refractivity contribution in [3.63, 3.8) is 0 Å². The van der Waals surface area contributed by atoms with Crippen molar-refractivity contribution in [2.24, 2.45) is 0 Å². The Morgan fingerprint density at radius 3 is 1.38 bits per heavy atom. The Morgan fingerprint density at radius 1 is 0.258 bits per heavy atom. The Bertz CT molecular complexity index is 3480. The number of anilines is 3. The molecule has 0 atom stereocenters. The van der Waals surface area contributed by atoms with Crippen LogP contribution in [0.15, 0.2) is 273 Å². The number of hydrogen-bond acceptors (Lipinski definition) is 1. The molecule has 12 rings (SSSR count). The monoisotopic (exact) mass is 839 g/mol. The SMILES string of the molecule is c1ccc(-c2cccc(-c3cccc(N(c4ccc(-c5cccc(-c6ccc7ccccc7c6)c5)cc4)c4cccc5c4-c4ccccc4C5(c4ccccc4)c4ccccc4)c3)c2)cc1. The molecule has 0 saturated heterocycles. The average Bonchev–Trinajstić information content (AvgIpc) is 3.71. The molecule has 11 aromatic carbocycles. The van der Waals surface area contributed by atoms with Crippen LogP contribution in [0.3, 0.4) is 0 Å². The van der Waals surface area contributed by atoms with Gasteiger partial charge in [-0.1, -0.05) is 224 Å². The smallest absolute Gasteiger partial charge is 0.0714 e. The molecule has 0 unspecified atom stereocenters. The Morgan fingerprint density at radius 2 is 0.712 bits per heavy atom. The summed E-state index contributed by atoms with van der Waals surface area (Å²) in [6.45, 7) is 0. The van der Waals surface area contributed by atoms with E-state index in [0.717, 1.165) is 22.6 Å². The lowest BCUT2D eigenvalue weighted by Gasteiger charge is -2.34. The first-order valence-electron chi connectivity index (χ1n) is 22.8. The molecule has 0 fully saturated rings. The lowest BCUT2D eigenvalue weighted by atomic mass is 9.68. The van der Waals surface area contributed by atoms with Gasteiger partial charge in [0.05, 0.1) is 11.1 Å². The fourth-order valence-electron chi connectivity index (χ4n) is 10.5. The summed E-state index contributed by atoms with van der Waals surface area (Å²) in [6.07, 6.45) is 0. The van der Waals surface area contributed by atoms with Gasteiger partial charge in [0, 0.05) is 16.9 Å². The number of nitrogens with zero attached hydrogens (tertiary/aromatic N) is 1. The minimum Gasteiger partial charge on any atom is -0.310 e. The van der Waals surface area contributed by atoms with Crippen LogP contribution in [0.1, 0.15) is 22.3 Å². The zero-order valence-electron chi connectivity index (χ0n) is 36.4.